The van der Waals surface area contributed by atoms with Gasteiger partial charge in [-0.25, -0.2) is 9.59 Å². The first kappa shape index (κ1) is 30.2. The molecule has 4 aromatic rings. The maximum Gasteiger partial charge on any atom is 0.408 e. The van der Waals surface area contributed by atoms with Crippen LogP contribution >= 0.6 is 11.6 Å². The van der Waals surface area contributed by atoms with Gasteiger partial charge in [0.2, 0.25) is 11.8 Å². The lowest BCUT2D eigenvalue weighted by atomic mass is 9.87. The van der Waals surface area contributed by atoms with Gasteiger partial charge in [-0.15, -0.1) is 0 Å². The summed E-state index contributed by atoms with van der Waals surface area (Å²) in [5.41, 5.74) is 4.26. The molecule has 2 atom stereocenters. The van der Waals surface area contributed by atoms with Crippen molar-refractivity contribution in [2.24, 2.45) is 0 Å². The van der Waals surface area contributed by atoms with Crippen LogP contribution in [0.5, 0.6) is 0 Å². The van der Waals surface area contributed by atoms with Gasteiger partial charge in [0.05, 0.1) is 12.2 Å². The van der Waals surface area contributed by atoms with E-state index in [0.717, 1.165) is 32.8 Å². The average Bonchev–Trinajstić information content (AvgIpc) is 3.49. The van der Waals surface area contributed by atoms with E-state index in [2.05, 4.69) is 10.3 Å². The Labute approximate surface area is 265 Å². The summed E-state index contributed by atoms with van der Waals surface area (Å²) in [6.45, 7) is 1.05. The summed E-state index contributed by atoms with van der Waals surface area (Å²) in [4.78, 5) is 57.9. The molecule has 1 fully saturated rings. The Balaban J connectivity index is 1.20. The lowest BCUT2D eigenvalue weighted by Gasteiger charge is -2.37. The molecule has 0 unspecified atom stereocenters. The molecule has 11 heteroatoms. The highest BCUT2D eigenvalue weighted by Crippen LogP contribution is 2.32. The molecule has 232 valence electrons. The number of likely N-dealkylation sites (tertiary alicyclic amines) is 1. The SMILES string of the molecule is O=C(N[C@H](Cc1ccc(Cl)cc1)C(=O)N1CCC(c2ccccc2-n2cc[nH]c2=O)CC1)[C@@H]1Cc2ccccc2CN1C(=O)O. The third-order valence-electron chi connectivity index (χ3n) is 8.86. The van der Waals surface area contributed by atoms with Crippen molar-refractivity contribution in [2.75, 3.05) is 13.1 Å². The lowest BCUT2D eigenvalue weighted by molar-refractivity contribution is -0.138. The van der Waals surface area contributed by atoms with E-state index in [4.69, 9.17) is 11.6 Å². The van der Waals surface area contributed by atoms with E-state index >= 15 is 0 Å². The van der Waals surface area contributed by atoms with E-state index in [1.807, 2.05) is 60.7 Å². The monoisotopic (exact) mass is 627 g/mol. The van der Waals surface area contributed by atoms with Crippen molar-refractivity contribution in [1.82, 2.24) is 24.7 Å². The number of H-pyrrole nitrogens is 1. The number of aromatic amines is 1. The first-order valence-electron chi connectivity index (χ1n) is 15.0. The molecule has 0 radical (unpaired) electrons. The average molecular weight is 628 g/mol. The number of benzene rings is 3. The van der Waals surface area contributed by atoms with Gasteiger partial charge in [-0.3, -0.25) is 19.1 Å². The van der Waals surface area contributed by atoms with Gasteiger partial charge in [-0.2, -0.15) is 0 Å². The number of hydrogen-bond donors (Lipinski definition) is 3. The summed E-state index contributed by atoms with van der Waals surface area (Å²) in [5, 5.41) is 13.4. The fourth-order valence-corrected chi connectivity index (χ4v) is 6.60. The molecule has 3 N–H and O–H groups in total. The molecule has 3 aromatic carbocycles. The van der Waals surface area contributed by atoms with Gasteiger partial charge in [0.1, 0.15) is 12.1 Å². The van der Waals surface area contributed by atoms with Crippen molar-refractivity contribution >= 4 is 29.5 Å². The number of halogens is 1. The molecule has 1 aromatic heterocycles. The van der Waals surface area contributed by atoms with Crippen LogP contribution in [-0.4, -0.2) is 67.5 Å². The number of carbonyl (C=O) groups is 3. The van der Waals surface area contributed by atoms with E-state index in [1.54, 1.807) is 34.0 Å². The summed E-state index contributed by atoms with van der Waals surface area (Å²) in [7, 11) is 0. The molecule has 2 aliphatic rings. The first-order valence-corrected chi connectivity index (χ1v) is 15.4. The van der Waals surface area contributed by atoms with Gasteiger partial charge < -0.3 is 20.3 Å². The Bertz CT molecular complexity index is 1760. The number of piperidine rings is 1. The second-order valence-electron chi connectivity index (χ2n) is 11.6. The van der Waals surface area contributed by atoms with Gasteiger partial charge in [0.25, 0.3) is 0 Å². The number of nitrogens with one attached hydrogen (secondary N) is 2. The quantitative estimate of drug-likeness (QED) is 0.281. The Morgan fingerprint density at radius 2 is 1.64 bits per heavy atom. The number of amides is 3. The Morgan fingerprint density at radius 1 is 0.956 bits per heavy atom. The highest BCUT2D eigenvalue weighted by molar-refractivity contribution is 6.30. The van der Waals surface area contributed by atoms with Crippen molar-refractivity contribution < 1.29 is 19.5 Å². The number of carboxylic acid groups (broad SMARTS) is 1. The number of hydrogen-bond acceptors (Lipinski definition) is 4. The zero-order chi connectivity index (χ0) is 31.5. The van der Waals surface area contributed by atoms with E-state index in [1.165, 1.54) is 0 Å². The van der Waals surface area contributed by atoms with Crippen LogP contribution in [0.4, 0.5) is 4.79 Å². The summed E-state index contributed by atoms with van der Waals surface area (Å²) in [5.74, 6) is -0.576. The molecule has 3 heterocycles. The smallest absolute Gasteiger partial charge is 0.408 e. The molecule has 0 bridgehead atoms. The molecule has 1 saturated heterocycles. The van der Waals surface area contributed by atoms with E-state index in [-0.39, 0.29) is 36.9 Å². The van der Waals surface area contributed by atoms with Gasteiger partial charge in [-0.05, 0) is 59.2 Å². The second kappa shape index (κ2) is 13.0. The predicted molar refractivity (Wildman–Crippen MR) is 170 cm³/mol. The number of rotatable bonds is 7. The standard InChI is InChI=1S/C34H34ClN5O5/c35-26-11-9-22(10-12-26)19-28(37-31(41)30-20-24-5-1-2-6-25(24)21-40(30)34(44)45)32(42)38-16-13-23(14-17-38)27-7-3-4-8-29(27)39-18-15-36-33(39)43/h1-12,15,18,23,28,30H,13-14,16-17,19-21H2,(H,36,43)(H,37,41)(H,44,45)/t28-,30+/m1/s1. The van der Waals surface area contributed by atoms with Crippen LogP contribution in [-0.2, 0) is 29.0 Å². The zero-order valence-electron chi connectivity index (χ0n) is 24.6. The minimum Gasteiger partial charge on any atom is -0.465 e. The highest BCUT2D eigenvalue weighted by atomic mass is 35.5. The first-order chi connectivity index (χ1) is 21.8. The normalized spacial score (nSPS) is 17.4. The Kier molecular flexibility index (Phi) is 8.75. The molecular weight excluding hydrogens is 594 g/mol. The van der Waals surface area contributed by atoms with Gasteiger partial charge >= 0.3 is 11.8 Å². The Morgan fingerprint density at radius 3 is 2.33 bits per heavy atom. The molecule has 10 nitrogen and oxygen atoms in total. The predicted octanol–water partition coefficient (Wildman–Crippen LogP) is 4.36. The lowest BCUT2D eigenvalue weighted by Crippen LogP contribution is -2.58. The van der Waals surface area contributed by atoms with Gasteiger partial charge in [-0.1, -0.05) is 66.2 Å². The fraction of sp³-hybridized carbons (Fsp3) is 0.294. The zero-order valence-corrected chi connectivity index (χ0v) is 25.3. The number of fused-ring (bicyclic) bond motifs is 1. The summed E-state index contributed by atoms with van der Waals surface area (Å²) >= 11 is 6.10. The van der Waals surface area contributed by atoms with Crippen molar-refractivity contribution in [1.29, 1.82) is 0 Å². The molecule has 2 aliphatic heterocycles. The van der Waals surface area contributed by atoms with Crippen molar-refractivity contribution in [3.05, 3.63) is 123 Å². The number of imidazole rings is 1. The number of carbonyl (C=O) groups excluding carboxylic acids is 2. The third-order valence-corrected chi connectivity index (χ3v) is 9.11. The minimum absolute atomic E-state index is 0.100. The number of aromatic nitrogens is 2. The van der Waals surface area contributed by atoms with Crippen molar-refractivity contribution in [3.63, 3.8) is 0 Å². The Hall–Kier alpha value is -4.83. The van der Waals surface area contributed by atoms with Crippen molar-refractivity contribution in [3.8, 4) is 5.69 Å². The molecule has 3 amide bonds. The van der Waals surface area contributed by atoms with Crippen LogP contribution < -0.4 is 11.0 Å². The van der Waals surface area contributed by atoms with Crippen molar-refractivity contribution in [2.45, 2.75) is 50.2 Å². The van der Waals surface area contributed by atoms with E-state index in [9.17, 15) is 24.3 Å². The summed E-state index contributed by atoms with van der Waals surface area (Å²) in [6.07, 6.45) is 3.97. The second-order valence-corrected chi connectivity index (χ2v) is 12.0. The molecule has 45 heavy (non-hydrogen) atoms. The van der Waals surface area contributed by atoms with Gasteiger partial charge in [0, 0.05) is 43.3 Å². The topological polar surface area (TPSA) is 128 Å². The molecule has 6 rings (SSSR count). The van der Waals surface area contributed by atoms with Crippen LogP contribution in [0.25, 0.3) is 5.69 Å². The van der Waals surface area contributed by atoms with Crippen LogP contribution in [0.15, 0.2) is 90.0 Å². The summed E-state index contributed by atoms with van der Waals surface area (Å²) < 4.78 is 1.59. The maximum atomic E-state index is 14.0. The number of para-hydroxylation sites is 1. The van der Waals surface area contributed by atoms with Crippen LogP contribution in [0.2, 0.25) is 5.02 Å². The van der Waals surface area contributed by atoms with Crippen LogP contribution in [0, 0.1) is 0 Å². The van der Waals surface area contributed by atoms with Crippen LogP contribution in [0.1, 0.15) is 41.0 Å². The largest absolute Gasteiger partial charge is 0.465 e. The molecule has 0 aliphatic carbocycles. The third kappa shape index (κ3) is 6.51. The summed E-state index contributed by atoms with van der Waals surface area (Å²) in [6, 6.07) is 20.6. The molecule has 0 saturated carbocycles. The number of nitrogens with zero attached hydrogens (tertiary/aromatic N) is 3. The minimum atomic E-state index is -1.19. The van der Waals surface area contributed by atoms with Crippen LogP contribution in [0.3, 0.4) is 0 Å². The highest BCUT2D eigenvalue weighted by Gasteiger charge is 2.37. The molecular formula is C34H34ClN5O5. The van der Waals surface area contributed by atoms with E-state index in [0.29, 0.717) is 31.0 Å². The maximum absolute atomic E-state index is 14.0. The fourth-order valence-electron chi connectivity index (χ4n) is 6.48. The van der Waals surface area contributed by atoms with E-state index < -0.39 is 24.1 Å². The molecule has 0 spiro atoms. The van der Waals surface area contributed by atoms with Gasteiger partial charge in [0.15, 0.2) is 0 Å².